The Morgan fingerprint density at radius 1 is 1.62 bits per heavy atom. The third-order valence-corrected chi connectivity index (χ3v) is 1.13. The average Bonchev–Trinajstić information content (AvgIpc) is 2.05. The van der Waals surface area contributed by atoms with Gasteiger partial charge in [0.25, 0.3) is 0 Å². The smallest absolute Gasteiger partial charge is 0.335 e. The van der Waals surface area contributed by atoms with Gasteiger partial charge in [-0.2, -0.15) is 12.6 Å². The quantitative estimate of drug-likeness (QED) is 0.478. The van der Waals surface area contributed by atoms with Crippen molar-refractivity contribution in [3.63, 3.8) is 0 Å². The van der Waals surface area contributed by atoms with Crippen molar-refractivity contribution in [2.24, 2.45) is 0 Å². The van der Waals surface area contributed by atoms with Gasteiger partial charge in [-0.25, -0.2) is 4.79 Å². The lowest BCUT2D eigenvalue weighted by molar-refractivity contribution is 0.0697. The number of carbonyl (C=O) groups is 1. The lowest BCUT2D eigenvalue weighted by Crippen LogP contribution is -1.96. The zero-order chi connectivity index (χ0) is 10.3. The summed E-state index contributed by atoms with van der Waals surface area (Å²) in [5.41, 5.74) is 6.03. The van der Waals surface area contributed by atoms with Crippen LogP contribution in [0.25, 0.3) is 0 Å². The largest absolute Gasteiger partial charge is 0.478 e. The molecule has 0 saturated heterocycles. The molecule has 0 aliphatic heterocycles. The van der Waals surface area contributed by atoms with Gasteiger partial charge in [-0.05, 0) is 24.0 Å². The first-order valence-electron chi connectivity index (χ1n) is 3.81. The van der Waals surface area contributed by atoms with E-state index in [9.17, 15) is 4.79 Å². The molecule has 72 valence electrons. The minimum atomic E-state index is -0.952. The van der Waals surface area contributed by atoms with E-state index in [-0.39, 0.29) is 5.56 Å². The number of thiol groups is 1. The first-order chi connectivity index (χ1) is 6.11. The van der Waals surface area contributed by atoms with Crippen LogP contribution in [0.5, 0.6) is 0 Å². The third-order valence-electron chi connectivity index (χ3n) is 1.13. The van der Waals surface area contributed by atoms with Crippen LogP contribution in [0.15, 0.2) is 24.3 Å². The van der Waals surface area contributed by atoms with E-state index in [4.69, 9.17) is 10.8 Å². The Bertz CT molecular complexity index is 276. The first kappa shape index (κ1) is 11.8. The molecule has 0 radical (unpaired) electrons. The standard InChI is InChI=1S/C7H7NO2.C2H6S/c8-6-3-1-2-5(4-6)7(9)10;1-2-3/h1-4H,8H2,(H,9,10);3H,2H2,1H3. The second kappa shape index (κ2) is 6.37. The molecular weight excluding hydrogens is 186 g/mol. The second-order valence-corrected chi connectivity index (χ2v) is 2.88. The SMILES string of the molecule is CCS.Nc1cccc(C(=O)O)c1. The van der Waals surface area contributed by atoms with Gasteiger partial charge >= 0.3 is 5.97 Å². The number of benzene rings is 1. The number of hydrogen-bond donors (Lipinski definition) is 3. The molecule has 0 atom stereocenters. The summed E-state index contributed by atoms with van der Waals surface area (Å²) in [5.74, 6) is -0.00713. The molecule has 0 unspecified atom stereocenters. The molecule has 0 saturated carbocycles. The van der Waals surface area contributed by atoms with Gasteiger partial charge < -0.3 is 10.8 Å². The third kappa shape index (κ3) is 5.14. The fraction of sp³-hybridized carbons (Fsp3) is 0.222. The number of aromatic carboxylic acids is 1. The van der Waals surface area contributed by atoms with Gasteiger partial charge in [0.15, 0.2) is 0 Å². The van der Waals surface area contributed by atoms with Gasteiger partial charge in [-0.15, -0.1) is 0 Å². The maximum atomic E-state index is 10.3. The zero-order valence-electron chi connectivity index (χ0n) is 7.40. The van der Waals surface area contributed by atoms with Crippen molar-refractivity contribution in [2.45, 2.75) is 6.92 Å². The molecule has 1 aromatic carbocycles. The van der Waals surface area contributed by atoms with E-state index in [0.29, 0.717) is 5.69 Å². The number of nitrogens with two attached hydrogens (primary N) is 1. The first-order valence-corrected chi connectivity index (χ1v) is 4.44. The number of hydrogen-bond acceptors (Lipinski definition) is 3. The highest BCUT2D eigenvalue weighted by Crippen LogP contribution is 2.05. The van der Waals surface area contributed by atoms with E-state index in [2.05, 4.69) is 12.6 Å². The molecule has 0 aromatic heterocycles. The molecule has 0 bridgehead atoms. The molecule has 1 rings (SSSR count). The molecule has 0 aliphatic carbocycles. The van der Waals surface area contributed by atoms with Crippen molar-refractivity contribution >= 4 is 24.3 Å². The summed E-state index contributed by atoms with van der Waals surface area (Å²) in [7, 11) is 0. The minimum absolute atomic E-state index is 0.222. The fourth-order valence-electron chi connectivity index (χ4n) is 0.672. The maximum Gasteiger partial charge on any atom is 0.335 e. The van der Waals surface area contributed by atoms with Crippen molar-refractivity contribution in [3.05, 3.63) is 29.8 Å². The lowest BCUT2D eigenvalue weighted by atomic mass is 10.2. The summed E-state index contributed by atoms with van der Waals surface area (Å²) in [6.45, 7) is 1.99. The Labute approximate surface area is 83.0 Å². The van der Waals surface area contributed by atoms with Crippen LogP contribution in [0.1, 0.15) is 17.3 Å². The van der Waals surface area contributed by atoms with Gasteiger partial charge in [-0.3, -0.25) is 0 Å². The number of carboxylic acids is 1. The topological polar surface area (TPSA) is 63.3 Å². The predicted octanol–water partition coefficient (Wildman–Crippen LogP) is 1.90. The molecule has 3 N–H and O–H groups in total. The number of rotatable bonds is 1. The summed E-state index contributed by atoms with van der Waals surface area (Å²) in [4.78, 5) is 10.3. The lowest BCUT2D eigenvalue weighted by Gasteiger charge is -1.93. The molecule has 0 amide bonds. The van der Waals surface area contributed by atoms with Crippen LogP contribution in [-0.2, 0) is 0 Å². The minimum Gasteiger partial charge on any atom is -0.478 e. The summed E-state index contributed by atoms with van der Waals surface area (Å²) in [6.07, 6.45) is 0. The normalized spacial score (nSPS) is 8.46. The van der Waals surface area contributed by atoms with Crippen LogP contribution in [0.4, 0.5) is 5.69 Å². The van der Waals surface area contributed by atoms with Gasteiger partial charge in [-0.1, -0.05) is 13.0 Å². The maximum absolute atomic E-state index is 10.3. The number of nitrogen functional groups attached to an aromatic ring is 1. The van der Waals surface area contributed by atoms with E-state index < -0.39 is 5.97 Å². The Balaban J connectivity index is 0.000000424. The second-order valence-electron chi connectivity index (χ2n) is 2.25. The molecule has 4 heteroatoms. The number of carboxylic acid groups (broad SMARTS) is 1. The van der Waals surface area contributed by atoms with Crippen molar-refractivity contribution in [2.75, 3.05) is 11.5 Å². The summed E-state index contributed by atoms with van der Waals surface area (Å²) < 4.78 is 0. The van der Waals surface area contributed by atoms with Crippen molar-refractivity contribution < 1.29 is 9.90 Å². The van der Waals surface area contributed by atoms with Gasteiger partial charge in [0.1, 0.15) is 0 Å². The molecule has 1 aromatic rings. The number of anilines is 1. The van der Waals surface area contributed by atoms with Crippen molar-refractivity contribution in [1.82, 2.24) is 0 Å². The fourth-order valence-corrected chi connectivity index (χ4v) is 0.672. The molecule has 13 heavy (non-hydrogen) atoms. The van der Waals surface area contributed by atoms with Crippen LogP contribution in [0.2, 0.25) is 0 Å². The monoisotopic (exact) mass is 199 g/mol. The van der Waals surface area contributed by atoms with E-state index in [1.165, 1.54) is 12.1 Å². The zero-order valence-corrected chi connectivity index (χ0v) is 8.29. The van der Waals surface area contributed by atoms with Crippen LogP contribution in [0, 0.1) is 0 Å². The Kier molecular flexibility index (Phi) is 5.80. The van der Waals surface area contributed by atoms with Crippen molar-refractivity contribution in [1.29, 1.82) is 0 Å². The summed E-state index contributed by atoms with van der Waals surface area (Å²) in [5, 5.41) is 8.45. The highest BCUT2D eigenvalue weighted by Gasteiger charge is 1.99. The van der Waals surface area contributed by atoms with Gasteiger partial charge in [0.2, 0.25) is 0 Å². The summed E-state index contributed by atoms with van der Waals surface area (Å²) in [6, 6.07) is 6.17. The highest BCUT2D eigenvalue weighted by molar-refractivity contribution is 7.80. The average molecular weight is 199 g/mol. The predicted molar refractivity (Wildman–Crippen MR) is 57.3 cm³/mol. The van der Waals surface area contributed by atoms with Crippen LogP contribution < -0.4 is 5.73 Å². The van der Waals surface area contributed by atoms with Crippen LogP contribution in [0.3, 0.4) is 0 Å². The molecule has 0 spiro atoms. The highest BCUT2D eigenvalue weighted by atomic mass is 32.1. The van der Waals surface area contributed by atoms with Gasteiger partial charge in [0, 0.05) is 5.69 Å². The molecular formula is C9H13NO2S. The van der Waals surface area contributed by atoms with E-state index in [0.717, 1.165) is 5.75 Å². The van der Waals surface area contributed by atoms with E-state index >= 15 is 0 Å². The van der Waals surface area contributed by atoms with Crippen molar-refractivity contribution in [3.8, 4) is 0 Å². The Hall–Kier alpha value is -1.16. The molecule has 0 heterocycles. The molecule has 0 fully saturated rings. The van der Waals surface area contributed by atoms with Crippen LogP contribution >= 0.6 is 12.6 Å². The van der Waals surface area contributed by atoms with E-state index in [1.54, 1.807) is 12.1 Å². The summed E-state index contributed by atoms with van der Waals surface area (Å²) >= 11 is 3.79. The van der Waals surface area contributed by atoms with Crippen LogP contribution in [-0.4, -0.2) is 16.8 Å². The van der Waals surface area contributed by atoms with E-state index in [1.807, 2.05) is 6.92 Å². The molecule has 3 nitrogen and oxygen atoms in total. The Morgan fingerprint density at radius 3 is 2.46 bits per heavy atom. The molecule has 0 aliphatic rings. The Morgan fingerprint density at radius 2 is 2.15 bits per heavy atom. The van der Waals surface area contributed by atoms with Gasteiger partial charge in [0.05, 0.1) is 5.56 Å².